The Kier molecular flexibility index (Phi) is 2.62. The van der Waals surface area contributed by atoms with Gasteiger partial charge in [0.15, 0.2) is 11.2 Å². The van der Waals surface area contributed by atoms with Crippen LogP contribution in [0.4, 0.5) is 0 Å². The molecule has 2 rings (SSSR count). The van der Waals surface area contributed by atoms with Crippen LogP contribution in [0.3, 0.4) is 0 Å². The number of fused-ring (bicyclic) bond motifs is 1. The Morgan fingerprint density at radius 3 is 2.47 bits per heavy atom. The third-order valence-corrected chi connectivity index (χ3v) is 2.86. The SMILES string of the molecule is Cc1nc2c(c(=O)n(C)c(=O)n2C)n1CCO. The highest BCUT2D eigenvalue weighted by Crippen LogP contribution is 2.09. The van der Waals surface area contributed by atoms with Crippen molar-refractivity contribution in [2.24, 2.45) is 14.1 Å². The zero-order valence-electron chi connectivity index (χ0n) is 9.97. The van der Waals surface area contributed by atoms with E-state index in [0.29, 0.717) is 17.0 Å². The topological polar surface area (TPSA) is 82.0 Å². The molecule has 0 aromatic carbocycles. The summed E-state index contributed by atoms with van der Waals surface area (Å²) in [5.41, 5.74) is -0.0986. The van der Waals surface area contributed by atoms with Crippen LogP contribution in [0.2, 0.25) is 0 Å². The van der Waals surface area contributed by atoms with Crippen molar-refractivity contribution in [1.29, 1.82) is 0 Å². The first-order valence-corrected chi connectivity index (χ1v) is 5.22. The molecule has 0 atom stereocenters. The van der Waals surface area contributed by atoms with Crippen molar-refractivity contribution in [2.45, 2.75) is 13.5 Å². The highest BCUT2D eigenvalue weighted by Gasteiger charge is 2.16. The van der Waals surface area contributed by atoms with Crippen LogP contribution in [0.25, 0.3) is 11.2 Å². The maximum absolute atomic E-state index is 12.0. The van der Waals surface area contributed by atoms with Crippen molar-refractivity contribution < 1.29 is 5.11 Å². The fourth-order valence-corrected chi connectivity index (χ4v) is 1.93. The summed E-state index contributed by atoms with van der Waals surface area (Å²) in [7, 11) is 3.00. The Bertz CT molecular complexity index is 692. The number of aliphatic hydroxyl groups excluding tert-OH is 1. The minimum atomic E-state index is -0.406. The molecule has 0 fully saturated rings. The first kappa shape index (κ1) is 11.6. The van der Waals surface area contributed by atoms with Crippen LogP contribution in [0.5, 0.6) is 0 Å². The van der Waals surface area contributed by atoms with Crippen LogP contribution in [0.15, 0.2) is 9.59 Å². The standard InChI is InChI=1S/C10H14N4O3/c1-6-11-8-7(14(6)4-5-15)9(16)13(3)10(17)12(8)2/h15H,4-5H2,1-3H3. The smallest absolute Gasteiger partial charge is 0.332 e. The maximum atomic E-state index is 12.0. The lowest BCUT2D eigenvalue weighted by Gasteiger charge is -2.05. The molecule has 2 aromatic rings. The lowest BCUT2D eigenvalue weighted by Crippen LogP contribution is -2.37. The van der Waals surface area contributed by atoms with Crippen molar-refractivity contribution in [1.82, 2.24) is 18.7 Å². The van der Waals surface area contributed by atoms with E-state index in [1.807, 2.05) is 0 Å². The van der Waals surface area contributed by atoms with E-state index in [1.165, 1.54) is 11.6 Å². The number of imidazole rings is 1. The molecular formula is C10H14N4O3. The second-order valence-electron chi connectivity index (χ2n) is 3.91. The maximum Gasteiger partial charge on any atom is 0.332 e. The fraction of sp³-hybridized carbons (Fsp3) is 0.500. The van der Waals surface area contributed by atoms with E-state index in [9.17, 15) is 9.59 Å². The van der Waals surface area contributed by atoms with E-state index in [0.717, 1.165) is 4.57 Å². The van der Waals surface area contributed by atoms with Crippen LogP contribution >= 0.6 is 0 Å². The number of nitrogens with zero attached hydrogens (tertiary/aromatic N) is 4. The number of aliphatic hydroxyl groups is 1. The first-order valence-electron chi connectivity index (χ1n) is 5.22. The summed E-state index contributed by atoms with van der Waals surface area (Å²) in [5, 5.41) is 8.98. The number of aromatic nitrogens is 4. The lowest BCUT2D eigenvalue weighted by molar-refractivity contribution is 0.276. The van der Waals surface area contributed by atoms with Gasteiger partial charge in [-0.1, -0.05) is 0 Å². The predicted octanol–water partition coefficient (Wildman–Crippen LogP) is -1.27. The van der Waals surface area contributed by atoms with Gasteiger partial charge in [-0.05, 0) is 6.92 Å². The van der Waals surface area contributed by atoms with Crippen LogP contribution in [0.1, 0.15) is 5.82 Å². The number of aryl methyl sites for hydroxylation is 2. The zero-order valence-corrected chi connectivity index (χ0v) is 9.97. The summed E-state index contributed by atoms with van der Waals surface area (Å²) in [6, 6.07) is 0. The van der Waals surface area contributed by atoms with Gasteiger partial charge in [-0.15, -0.1) is 0 Å². The molecule has 0 saturated heterocycles. The van der Waals surface area contributed by atoms with Crippen molar-refractivity contribution in [3.8, 4) is 0 Å². The van der Waals surface area contributed by atoms with Gasteiger partial charge >= 0.3 is 5.69 Å². The van der Waals surface area contributed by atoms with E-state index in [2.05, 4.69) is 4.98 Å². The van der Waals surface area contributed by atoms with Crippen molar-refractivity contribution in [2.75, 3.05) is 6.61 Å². The number of hydrogen-bond acceptors (Lipinski definition) is 4. The average Bonchev–Trinajstić information content (AvgIpc) is 2.62. The second kappa shape index (κ2) is 3.85. The Morgan fingerprint density at radius 1 is 1.24 bits per heavy atom. The van der Waals surface area contributed by atoms with Crippen LogP contribution in [0, 0.1) is 6.92 Å². The van der Waals surface area contributed by atoms with Crippen molar-refractivity contribution >= 4 is 11.2 Å². The summed E-state index contributed by atoms with van der Waals surface area (Å²) >= 11 is 0. The largest absolute Gasteiger partial charge is 0.395 e. The minimum absolute atomic E-state index is 0.0850. The molecule has 0 aliphatic carbocycles. The summed E-state index contributed by atoms with van der Waals surface area (Å²) in [4.78, 5) is 27.9. The summed E-state index contributed by atoms with van der Waals surface area (Å²) in [6.45, 7) is 1.94. The quantitative estimate of drug-likeness (QED) is 0.707. The second-order valence-corrected chi connectivity index (χ2v) is 3.91. The average molecular weight is 238 g/mol. The molecule has 0 bridgehead atoms. The van der Waals surface area contributed by atoms with E-state index in [1.54, 1.807) is 18.5 Å². The molecule has 0 aliphatic heterocycles. The van der Waals surface area contributed by atoms with Gasteiger partial charge in [0.25, 0.3) is 5.56 Å². The summed E-state index contributed by atoms with van der Waals surface area (Å²) in [6.07, 6.45) is 0. The van der Waals surface area contributed by atoms with Gasteiger partial charge in [0.1, 0.15) is 5.82 Å². The zero-order chi connectivity index (χ0) is 12.7. The molecule has 17 heavy (non-hydrogen) atoms. The van der Waals surface area contributed by atoms with E-state index >= 15 is 0 Å². The molecule has 0 radical (unpaired) electrons. The van der Waals surface area contributed by atoms with Gasteiger partial charge in [0, 0.05) is 20.6 Å². The number of hydrogen-bond donors (Lipinski definition) is 1. The predicted molar refractivity (Wildman–Crippen MR) is 62.0 cm³/mol. The van der Waals surface area contributed by atoms with Gasteiger partial charge in [-0.3, -0.25) is 13.9 Å². The highest BCUT2D eigenvalue weighted by molar-refractivity contribution is 5.70. The van der Waals surface area contributed by atoms with Crippen molar-refractivity contribution in [3.63, 3.8) is 0 Å². The molecule has 7 nitrogen and oxygen atoms in total. The van der Waals surface area contributed by atoms with Gasteiger partial charge in [0.05, 0.1) is 6.61 Å². The molecule has 0 saturated carbocycles. The fourth-order valence-electron chi connectivity index (χ4n) is 1.93. The Labute approximate surface area is 96.6 Å². The van der Waals surface area contributed by atoms with Crippen LogP contribution < -0.4 is 11.2 Å². The minimum Gasteiger partial charge on any atom is -0.395 e. The molecule has 1 N–H and O–H groups in total. The molecular weight excluding hydrogens is 224 g/mol. The molecule has 92 valence electrons. The van der Waals surface area contributed by atoms with E-state index in [-0.39, 0.29) is 13.2 Å². The van der Waals surface area contributed by atoms with Crippen LogP contribution in [-0.2, 0) is 20.6 Å². The third kappa shape index (κ3) is 1.50. The van der Waals surface area contributed by atoms with Gasteiger partial charge < -0.3 is 9.67 Å². The van der Waals surface area contributed by atoms with Gasteiger partial charge in [-0.25, -0.2) is 9.78 Å². The molecule has 0 unspecified atom stereocenters. The Hall–Kier alpha value is -1.89. The lowest BCUT2D eigenvalue weighted by atomic mass is 10.5. The Morgan fingerprint density at radius 2 is 1.88 bits per heavy atom. The van der Waals surface area contributed by atoms with E-state index < -0.39 is 11.2 Å². The van der Waals surface area contributed by atoms with Gasteiger partial charge in [-0.2, -0.15) is 0 Å². The third-order valence-electron chi connectivity index (χ3n) is 2.86. The monoisotopic (exact) mass is 238 g/mol. The first-order chi connectivity index (χ1) is 7.99. The summed E-state index contributed by atoms with van der Waals surface area (Å²) in [5.74, 6) is 0.604. The molecule has 0 aliphatic rings. The molecule has 2 heterocycles. The normalized spacial score (nSPS) is 11.3. The Balaban J connectivity index is 3.02. The van der Waals surface area contributed by atoms with Gasteiger partial charge in [0.2, 0.25) is 0 Å². The number of rotatable bonds is 2. The summed E-state index contributed by atoms with van der Waals surface area (Å²) < 4.78 is 3.99. The molecule has 0 spiro atoms. The molecule has 0 amide bonds. The molecule has 7 heteroatoms. The van der Waals surface area contributed by atoms with E-state index in [4.69, 9.17) is 5.11 Å². The van der Waals surface area contributed by atoms with Crippen LogP contribution in [-0.4, -0.2) is 30.4 Å². The van der Waals surface area contributed by atoms with Crippen molar-refractivity contribution in [3.05, 3.63) is 26.7 Å². The highest BCUT2D eigenvalue weighted by atomic mass is 16.3. The molecule has 2 aromatic heterocycles.